The van der Waals surface area contributed by atoms with E-state index in [1.54, 1.807) is 0 Å². The Kier molecular flexibility index (Phi) is 8.20. The summed E-state index contributed by atoms with van der Waals surface area (Å²) in [5, 5.41) is 19.6. The largest absolute Gasteiger partial charge is 0.393 e. The van der Waals surface area contributed by atoms with Crippen LogP contribution < -0.4 is 0 Å². The Hall–Kier alpha value is -0.0800. The third-order valence-corrected chi connectivity index (χ3v) is 2.78. The molecule has 2 nitrogen and oxygen atoms in total. The second-order valence-corrected chi connectivity index (χ2v) is 3.99. The van der Waals surface area contributed by atoms with Crippen LogP contribution >= 0.6 is 0 Å². The van der Waals surface area contributed by atoms with Crippen LogP contribution in [0.25, 0.3) is 0 Å². The fraction of sp³-hybridized carbons (Fsp3) is 0.917. The molecule has 0 aliphatic heterocycles. The fourth-order valence-electron chi connectivity index (χ4n) is 1.84. The van der Waals surface area contributed by atoms with E-state index >= 15 is 0 Å². The van der Waals surface area contributed by atoms with Gasteiger partial charge in [0.05, 0.1) is 12.2 Å². The summed E-state index contributed by atoms with van der Waals surface area (Å²) >= 11 is 0. The van der Waals surface area contributed by atoms with Crippen molar-refractivity contribution >= 4 is 0 Å². The number of hydrogen-bond donors (Lipinski definition) is 2. The summed E-state index contributed by atoms with van der Waals surface area (Å²) in [7, 11) is 0. The third-order valence-electron chi connectivity index (χ3n) is 2.78. The lowest BCUT2D eigenvalue weighted by atomic mass is 9.87. The summed E-state index contributed by atoms with van der Waals surface area (Å²) in [5.74, 6) is 0.0524. The standard InChI is InChI=1S/C12H25O2/c1-4-7-9-12(14)10(8-5-2)11(13)6-3/h10-14H,1,4-9H2,2-3H3. The minimum Gasteiger partial charge on any atom is -0.393 e. The maximum Gasteiger partial charge on any atom is 0.0593 e. The molecule has 0 heterocycles. The number of rotatable bonds is 8. The summed E-state index contributed by atoms with van der Waals surface area (Å²) in [5.41, 5.74) is 0. The molecule has 0 saturated carbocycles. The van der Waals surface area contributed by atoms with Gasteiger partial charge in [-0.1, -0.05) is 40.0 Å². The highest BCUT2D eigenvalue weighted by atomic mass is 16.3. The molecular weight excluding hydrogens is 176 g/mol. The van der Waals surface area contributed by atoms with Gasteiger partial charge in [0.2, 0.25) is 0 Å². The molecule has 1 radical (unpaired) electrons. The monoisotopic (exact) mass is 201 g/mol. The minimum absolute atomic E-state index is 0.0524. The van der Waals surface area contributed by atoms with E-state index in [0.29, 0.717) is 0 Å². The Morgan fingerprint density at radius 2 is 1.71 bits per heavy atom. The predicted octanol–water partition coefficient (Wildman–Crippen LogP) is 2.54. The van der Waals surface area contributed by atoms with Crippen molar-refractivity contribution < 1.29 is 10.2 Å². The van der Waals surface area contributed by atoms with Crippen LogP contribution in [0, 0.1) is 12.8 Å². The maximum atomic E-state index is 9.88. The molecule has 2 heteroatoms. The molecule has 2 N–H and O–H groups in total. The van der Waals surface area contributed by atoms with Gasteiger partial charge in [0, 0.05) is 5.92 Å². The summed E-state index contributed by atoms with van der Waals surface area (Å²) in [6.45, 7) is 7.80. The highest BCUT2D eigenvalue weighted by Crippen LogP contribution is 2.21. The Balaban J connectivity index is 4.03. The van der Waals surface area contributed by atoms with Crippen molar-refractivity contribution in [1.82, 2.24) is 0 Å². The first-order valence-corrected chi connectivity index (χ1v) is 5.82. The molecule has 0 fully saturated rings. The molecule has 3 atom stereocenters. The Labute approximate surface area is 88.3 Å². The van der Waals surface area contributed by atoms with Gasteiger partial charge in [-0.3, -0.25) is 0 Å². The molecule has 0 aromatic heterocycles. The van der Waals surface area contributed by atoms with E-state index < -0.39 is 0 Å². The van der Waals surface area contributed by atoms with Crippen LogP contribution in [0.5, 0.6) is 0 Å². The van der Waals surface area contributed by atoms with Gasteiger partial charge in [-0.2, -0.15) is 0 Å². The zero-order valence-corrected chi connectivity index (χ0v) is 9.58. The number of aliphatic hydroxyl groups excluding tert-OH is 2. The fourth-order valence-corrected chi connectivity index (χ4v) is 1.84. The van der Waals surface area contributed by atoms with Crippen molar-refractivity contribution in [2.24, 2.45) is 5.92 Å². The van der Waals surface area contributed by atoms with E-state index in [0.717, 1.165) is 38.5 Å². The molecule has 0 aliphatic carbocycles. The van der Waals surface area contributed by atoms with Gasteiger partial charge in [-0.15, -0.1) is 0 Å². The first-order chi connectivity index (χ1) is 6.67. The van der Waals surface area contributed by atoms with Crippen LogP contribution in [0.2, 0.25) is 0 Å². The van der Waals surface area contributed by atoms with Crippen LogP contribution in [-0.2, 0) is 0 Å². The Morgan fingerprint density at radius 3 is 2.14 bits per heavy atom. The van der Waals surface area contributed by atoms with Crippen LogP contribution in [0.15, 0.2) is 0 Å². The van der Waals surface area contributed by atoms with E-state index in [2.05, 4.69) is 13.8 Å². The second kappa shape index (κ2) is 8.25. The molecule has 0 saturated heterocycles. The average Bonchev–Trinajstić information content (AvgIpc) is 2.21. The average molecular weight is 201 g/mol. The quantitative estimate of drug-likeness (QED) is 0.633. The predicted molar refractivity (Wildman–Crippen MR) is 59.9 cm³/mol. The number of aliphatic hydroxyl groups is 2. The summed E-state index contributed by atoms with van der Waals surface area (Å²) in [6, 6.07) is 0. The molecule has 0 aromatic rings. The summed E-state index contributed by atoms with van der Waals surface area (Å²) in [4.78, 5) is 0. The smallest absolute Gasteiger partial charge is 0.0593 e. The molecule has 0 bridgehead atoms. The molecule has 0 amide bonds. The van der Waals surface area contributed by atoms with Gasteiger partial charge in [-0.25, -0.2) is 0 Å². The van der Waals surface area contributed by atoms with Crippen molar-refractivity contribution in [2.75, 3.05) is 0 Å². The zero-order valence-electron chi connectivity index (χ0n) is 9.58. The van der Waals surface area contributed by atoms with Crippen LogP contribution in [0.3, 0.4) is 0 Å². The van der Waals surface area contributed by atoms with Crippen molar-refractivity contribution in [1.29, 1.82) is 0 Å². The van der Waals surface area contributed by atoms with E-state index in [-0.39, 0.29) is 18.1 Å². The minimum atomic E-state index is -0.355. The Bertz CT molecular complexity index is 125. The van der Waals surface area contributed by atoms with Gasteiger partial charge in [-0.05, 0) is 19.3 Å². The van der Waals surface area contributed by atoms with Crippen molar-refractivity contribution in [3.63, 3.8) is 0 Å². The van der Waals surface area contributed by atoms with E-state index in [9.17, 15) is 10.2 Å². The van der Waals surface area contributed by atoms with Gasteiger partial charge in [0.25, 0.3) is 0 Å². The second-order valence-electron chi connectivity index (χ2n) is 3.99. The van der Waals surface area contributed by atoms with E-state index in [1.807, 2.05) is 6.92 Å². The first kappa shape index (κ1) is 13.9. The first-order valence-electron chi connectivity index (χ1n) is 5.82. The maximum absolute atomic E-state index is 9.88. The van der Waals surface area contributed by atoms with Crippen molar-refractivity contribution in [3.05, 3.63) is 6.92 Å². The lowest BCUT2D eigenvalue weighted by Crippen LogP contribution is -2.31. The van der Waals surface area contributed by atoms with Crippen LogP contribution in [0.1, 0.15) is 52.4 Å². The molecule has 0 aromatic carbocycles. The third kappa shape index (κ3) is 4.97. The molecule has 3 unspecified atom stereocenters. The molecule has 0 rings (SSSR count). The SMILES string of the molecule is [CH2]CCCC(O)C(CCC)C(O)CC. The van der Waals surface area contributed by atoms with Gasteiger partial charge in [0.1, 0.15) is 0 Å². The normalized spacial score (nSPS) is 17.8. The summed E-state index contributed by atoms with van der Waals surface area (Å²) < 4.78 is 0. The number of hydrogen-bond acceptors (Lipinski definition) is 2. The highest BCUT2D eigenvalue weighted by Gasteiger charge is 2.24. The Morgan fingerprint density at radius 1 is 1.07 bits per heavy atom. The van der Waals surface area contributed by atoms with Crippen molar-refractivity contribution in [2.45, 2.75) is 64.6 Å². The summed E-state index contributed by atoms with van der Waals surface area (Å²) in [6.07, 6.45) is 4.52. The molecule has 0 spiro atoms. The molecular formula is C12H25O2. The van der Waals surface area contributed by atoms with Crippen molar-refractivity contribution in [3.8, 4) is 0 Å². The van der Waals surface area contributed by atoms with Gasteiger partial charge < -0.3 is 10.2 Å². The highest BCUT2D eigenvalue weighted by molar-refractivity contribution is 4.75. The molecule has 14 heavy (non-hydrogen) atoms. The molecule has 0 aliphatic rings. The van der Waals surface area contributed by atoms with Crippen LogP contribution in [0.4, 0.5) is 0 Å². The number of unbranched alkanes of at least 4 members (excludes halogenated alkanes) is 1. The van der Waals surface area contributed by atoms with E-state index in [1.165, 1.54) is 0 Å². The van der Waals surface area contributed by atoms with Gasteiger partial charge >= 0.3 is 0 Å². The lowest BCUT2D eigenvalue weighted by Gasteiger charge is -2.26. The van der Waals surface area contributed by atoms with E-state index in [4.69, 9.17) is 0 Å². The zero-order chi connectivity index (χ0) is 11.0. The van der Waals surface area contributed by atoms with Gasteiger partial charge in [0.15, 0.2) is 0 Å². The van der Waals surface area contributed by atoms with Crippen LogP contribution in [-0.4, -0.2) is 22.4 Å². The topological polar surface area (TPSA) is 40.5 Å². The molecule has 85 valence electrons. The lowest BCUT2D eigenvalue weighted by molar-refractivity contribution is 0.00129.